The van der Waals surface area contributed by atoms with Crippen LogP contribution in [-0.4, -0.2) is 4.57 Å². The molecule has 1 heterocycles. The van der Waals surface area contributed by atoms with E-state index in [0.717, 1.165) is 13.0 Å². The topological polar surface area (TPSA) is 8.81 Å². The molecule has 2 heteroatoms. The molecule has 0 aromatic carbocycles. The van der Waals surface area contributed by atoms with E-state index in [1.807, 2.05) is 0 Å². The van der Waals surface area contributed by atoms with E-state index >= 15 is 0 Å². The van der Waals surface area contributed by atoms with E-state index in [-0.39, 0.29) is 0 Å². The van der Waals surface area contributed by atoms with Crippen molar-refractivity contribution in [1.82, 2.24) is 4.57 Å². The van der Waals surface area contributed by atoms with Crippen molar-refractivity contribution >= 4 is 0 Å². The summed E-state index contributed by atoms with van der Waals surface area (Å²) < 4.78 is 4.78. The number of aryl methyl sites for hydroxylation is 2. The molecule has 0 saturated heterocycles. The lowest BCUT2D eigenvalue weighted by molar-refractivity contribution is -0.704. The number of rotatable bonds is 8. The van der Waals surface area contributed by atoms with E-state index in [4.69, 9.17) is 0 Å². The fraction of sp³-hybridized carbons (Fsp3) is 0.786. The molecule has 0 fully saturated rings. The van der Waals surface area contributed by atoms with E-state index < -0.39 is 0 Å². The Balaban J connectivity index is 2.38. The fourth-order valence-electron chi connectivity index (χ4n) is 2.28. The highest BCUT2D eigenvalue weighted by atomic mass is 15.1. The van der Waals surface area contributed by atoms with Gasteiger partial charge in [-0.05, 0) is 19.8 Å². The van der Waals surface area contributed by atoms with Gasteiger partial charge in [-0.25, -0.2) is 9.13 Å². The van der Waals surface area contributed by atoms with Crippen molar-refractivity contribution in [3.05, 3.63) is 18.2 Å². The van der Waals surface area contributed by atoms with Crippen LogP contribution in [0.2, 0.25) is 0 Å². The number of imidazole rings is 1. The second kappa shape index (κ2) is 7.48. The molecule has 1 aromatic rings. The summed E-state index contributed by atoms with van der Waals surface area (Å²) in [4.78, 5) is 0. The maximum absolute atomic E-state index is 2.43. The van der Waals surface area contributed by atoms with Crippen LogP contribution in [-0.2, 0) is 19.5 Å². The van der Waals surface area contributed by atoms with Gasteiger partial charge in [0, 0.05) is 6.42 Å². The van der Waals surface area contributed by atoms with Crippen LogP contribution >= 0.6 is 0 Å². The summed E-state index contributed by atoms with van der Waals surface area (Å²) in [6.07, 6.45) is 12.4. The third kappa shape index (κ3) is 3.66. The highest BCUT2D eigenvalue weighted by Crippen LogP contribution is 2.03. The van der Waals surface area contributed by atoms with Gasteiger partial charge in [0.25, 0.3) is 5.82 Å². The van der Waals surface area contributed by atoms with Gasteiger partial charge in [-0.15, -0.1) is 0 Å². The minimum absolute atomic E-state index is 1.09. The Bertz CT molecular complexity index is 289. The zero-order valence-electron chi connectivity index (χ0n) is 11.2. The predicted octanol–water partition coefficient (Wildman–Crippen LogP) is 3.33. The minimum Gasteiger partial charge on any atom is -0.235 e. The smallest absolute Gasteiger partial charge is 0.235 e. The van der Waals surface area contributed by atoms with E-state index in [1.54, 1.807) is 0 Å². The van der Waals surface area contributed by atoms with E-state index in [0.29, 0.717) is 0 Å². The van der Waals surface area contributed by atoms with E-state index in [9.17, 15) is 0 Å². The molecule has 1 rings (SSSR count). The zero-order valence-corrected chi connectivity index (χ0v) is 11.2. The predicted molar refractivity (Wildman–Crippen MR) is 68.4 cm³/mol. The first-order valence-electron chi connectivity index (χ1n) is 6.90. The molecule has 92 valence electrons. The molecule has 1 aromatic heterocycles. The Hall–Kier alpha value is -0.790. The number of unbranched alkanes of at least 4 members (excludes halogenated alkanes) is 4. The third-order valence-electron chi connectivity index (χ3n) is 3.25. The Morgan fingerprint density at radius 1 is 1.06 bits per heavy atom. The Morgan fingerprint density at radius 3 is 2.44 bits per heavy atom. The van der Waals surface area contributed by atoms with Gasteiger partial charge >= 0.3 is 0 Å². The van der Waals surface area contributed by atoms with Crippen molar-refractivity contribution in [2.45, 2.75) is 72.4 Å². The number of hydrogen-bond acceptors (Lipinski definition) is 0. The van der Waals surface area contributed by atoms with Crippen LogP contribution in [0.5, 0.6) is 0 Å². The molecule has 0 amide bonds. The summed E-state index contributed by atoms with van der Waals surface area (Å²) in [7, 11) is 0. The summed E-state index contributed by atoms with van der Waals surface area (Å²) in [5.41, 5.74) is 0. The van der Waals surface area contributed by atoms with Crippen molar-refractivity contribution < 1.29 is 4.57 Å². The first-order valence-corrected chi connectivity index (χ1v) is 6.90. The lowest BCUT2D eigenvalue weighted by Crippen LogP contribution is -2.37. The second-order valence-corrected chi connectivity index (χ2v) is 4.46. The van der Waals surface area contributed by atoms with Crippen LogP contribution in [0.15, 0.2) is 12.4 Å². The molecule has 0 bridgehead atoms. The van der Waals surface area contributed by atoms with Crippen LogP contribution in [0.4, 0.5) is 0 Å². The number of nitrogens with zero attached hydrogens (tertiary/aromatic N) is 2. The minimum atomic E-state index is 1.09. The van der Waals surface area contributed by atoms with Gasteiger partial charge in [0.2, 0.25) is 0 Å². The third-order valence-corrected chi connectivity index (χ3v) is 3.25. The SMILES string of the molecule is CCCCCCC[n+]1ccn(CC)c1CC. The lowest BCUT2D eigenvalue weighted by atomic mass is 10.1. The van der Waals surface area contributed by atoms with Crippen LogP contribution in [0.3, 0.4) is 0 Å². The van der Waals surface area contributed by atoms with Crippen LogP contribution < -0.4 is 4.57 Å². The monoisotopic (exact) mass is 223 g/mol. The van der Waals surface area contributed by atoms with Crippen LogP contribution in [0.25, 0.3) is 0 Å². The first-order chi connectivity index (χ1) is 7.83. The summed E-state index contributed by atoms with van der Waals surface area (Å²) in [5, 5.41) is 0. The molecule has 0 aliphatic rings. The van der Waals surface area contributed by atoms with Gasteiger partial charge in [-0.1, -0.05) is 33.1 Å². The molecule has 0 saturated carbocycles. The van der Waals surface area contributed by atoms with Gasteiger partial charge in [0.05, 0.1) is 13.1 Å². The zero-order chi connectivity index (χ0) is 11.8. The molecular formula is C14H27N2+. The van der Waals surface area contributed by atoms with E-state index in [1.165, 1.54) is 44.5 Å². The maximum atomic E-state index is 2.43. The normalized spacial score (nSPS) is 10.9. The Labute approximate surface area is 100 Å². The number of hydrogen-bond donors (Lipinski definition) is 0. The second-order valence-electron chi connectivity index (χ2n) is 4.46. The Morgan fingerprint density at radius 2 is 1.81 bits per heavy atom. The molecule has 0 spiro atoms. The van der Waals surface area contributed by atoms with Crippen LogP contribution in [0.1, 0.15) is 58.7 Å². The van der Waals surface area contributed by atoms with Crippen molar-refractivity contribution in [2.24, 2.45) is 0 Å². The molecule has 0 N–H and O–H groups in total. The van der Waals surface area contributed by atoms with Crippen molar-refractivity contribution in [2.75, 3.05) is 0 Å². The Kier molecular flexibility index (Phi) is 6.20. The molecule has 0 aliphatic heterocycles. The highest BCUT2D eigenvalue weighted by molar-refractivity contribution is 4.82. The van der Waals surface area contributed by atoms with Crippen molar-refractivity contribution in [1.29, 1.82) is 0 Å². The van der Waals surface area contributed by atoms with E-state index in [2.05, 4.69) is 42.3 Å². The maximum Gasteiger partial charge on any atom is 0.256 e. The molecule has 0 radical (unpaired) electrons. The summed E-state index contributed by atoms with van der Waals surface area (Å²) in [6.45, 7) is 9.01. The fourth-order valence-corrected chi connectivity index (χ4v) is 2.28. The highest BCUT2D eigenvalue weighted by Gasteiger charge is 2.12. The standard InChI is InChI=1S/C14H27N2/c1-4-7-8-9-10-11-16-13-12-15(6-3)14(16)5-2/h12-13H,4-11H2,1-3H3/q+1. The summed E-state index contributed by atoms with van der Waals surface area (Å²) in [5.74, 6) is 1.47. The van der Waals surface area contributed by atoms with Crippen molar-refractivity contribution in [3.63, 3.8) is 0 Å². The molecule has 0 unspecified atom stereocenters. The average molecular weight is 223 g/mol. The van der Waals surface area contributed by atoms with Gasteiger partial charge in [-0.2, -0.15) is 0 Å². The number of aromatic nitrogens is 2. The van der Waals surface area contributed by atoms with Crippen LogP contribution in [0, 0.1) is 0 Å². The molecule has 16 heavy (non-hydrogen) atoms. The van der Waals surface area contributed by atoms with Gasteiger partial charge in [-0.3, -0.25) is 0 Å². The van der Waals surface area contributed by atoms with Crippen molar-refractivity contribution in [3.8, 4) is 0 Å². The molecular weight excluding hydrogens is 196 g/mol. The average Bonchev–Trinajstić information content (AvgIpc) is 2.71. The van der Waals surface area contributed by atoms with Gasteiger partial charge in [0.1, 0.15) is 12.4 Å². The van der Waals surface area contributed by atoms with Gasteiger partial charge < -0.3 is 0 Å². The molecule has 2 nitrogen and oxygen atoms in total. The summed E-state index contributed by atoms with van der Waals surface area (Å²) >= 11 is 0. The largest absolute Gasteiger partial charge is 0.256 e. The quantitative estimate of drug-likeness (QED) is 0.472. The molecule has 0 atom stereocenters. The van der Waals surface area contributed by atoms with Gasteiger partial charge in [0.15, 0.2) is 0 Å². The summed E-state index contributed by atoms with van der Waals surface area (Å²) in [6, 6.07) is 0. The molecule has 0 aliphatic carbocycles. The first kappa shape index (κ1) is 13.3. The lowest BCUT2D eigenvalue weighted by Gasteiger charge is -2.02.